The summed E-state index contributed by atoms with van der Waals surface area (Å²) in [7, 11) is 0. The van der Waals surface area contributed by atoms with Crippen LogP contribution in [0.5, 0.6) is 5.75 Å². The molecule has 2 N–H and O–H groups in total. The number of ether oxygens (including phenoxy) is 1. The molecular weight excluding hydrogens is 214 g/mol. The van der Waals surface area contributed by atoms with Gasteiger partial charge in [-0.15, -0.1) is 0 Å². The number of phenolic OH excluding ortho intramolecular Hbond substituents is 1. The first-order valence-corrected chi connectivity index (χ1v) is 5.87. The van der Waals surface area contributed by atoms with Gasteiger partial charge in [0, 0.05) is 6.54 Å². The van der Waals surface area contributed by atoms with Crippen LogP contribution in [0.4, 0.5) is 0 Å². The zero-order valence-corrected chi connectivity index (χ0v) is 10.6. The second-order valence-corrected chi connectivity index (χ2v) is 4.15. The molecule has 1 rings (SSSR count). The van der Waals surface area contributed by atoms with Gasteiger partial charge in [-0.3, -0.25) is 0 Å². The van der Waals surface area contributed by atoms with E-state index in [0.717, 1.165) is 30.6 Å². The van der Waals surface area contributed by atoms with Crippen LogP contribution in [0.2, 0.25) is 0 Å². The Morgan fingerprint density at radius 3 is 2.59 bits per heavy atom. The van der Waals surface area contributed by atoms with Crippen molar-refractivity contribution < 1.29 is 9.84 Å². The number of phenols is 1. The highest BCUT2D eigenvalue weighted by atomic mass is 16.5. The number of rotatable bonds is 7. The molecule has 0 spiro atoms. The molecule has 0 heterocycles. The summed E-state index contributed by atoms with van der Waals surface area (Å²) < 4.78 is 5.03. The predicted octanol–water partition coefficient (Wildman–Crippen LogP) is 2.65. The number of hydrogen-bond acceptors (Lipinski definition) is 3. The molecule has 94 valence electrons. The molecule has 0 aliphatic rings. The van der Waals surface area contributed by atoms with Gasteiger partial charge in [0.05, 0.1) is 12.9 Å². The van der Waals surface area contributed by atoms with E-state index in [4.69, 9.17) is 4.74 Å². The lowest BCUT2D eigenvalue weighted by molar-refractivity contribution is 0.244. The lowest BCUT2D eigenvalue weighted by Gasteiger charge is -2.09. The van der Waals surface area contributed by atoms with Crippen LogP contribution in [0.3, 0.4) is 0 Å². The van der Waals surface area contributed by atoms with Gasteiger partial charge >= 0.3 is 0 Å². The van der Waals surface area contributed by atoms with Crippen molar-refractivity contribution in [2.75, 3.05) is 13.2 Å². The maximum atomic E-state index is 9.65. The smallest absolute Gasteiger partial charge is 0.121 e. The molecule has 3 nitrogen and oxygen atoms in total. The van der Waals surface area contributed by atoms with Gasteiger partial charge in [-0.2, -0.15) is 0 Å². The minimum absolute atomic E-state index is 0.396. The van der Waals surface area contributed by atoms with Crippen LogP contribution in [0.15, 0.2) is 25.0 Å². The third-order valence-electron chi connectivity index (χ3n) is 2.61. The molecule has 0 saturated carbocycles. The summed E-state index contributed by atoms with van der Waals surface area (Å²) in [6, 6.07) is 4.02. The van der Waals surface area contributed by atoms with E-state index in [1.165, 1.54) is 11.8 Å². The van der Waals surface area contributed by atoms with Crippen LogP contribution in [-0.4, -0.2) is 18.3 Å². The molecule has 17 heavy (non-hydrogen) atoms. The van der Waals surface area contributed by atoms with Crippen molar-refractivity contribution >= 4 is 0 Å². The van der Waals surface area contributed by atoms with Gasteiger partial charge in [0.15, 0.2) is 0 Å². The SMILES string of the molecule is C=COCCCNCc1cc(C)c(O)c(C)c1. The molecule has 0 aliphatic heterocycles. The highest BCUT2D eigenvalue weighted by Gasteiger charge is 2.02. The van der Waals surface area contributed by atoms with Crippen molar-refractivity contribution in [1.29, 1.82) is 0 Å². The summed E-state index contributed by atoms with van der Waals surface area (Å²) in [6.07, 6.45) is 2.43. The first kappa shape index (κ1) is 13.6. The van der Waals surface area contributed by atoms with E-state index in [9.17, 15) is 5.11 Å². The van der Waals surface area contributed by atoms with E-state index in [1.54, 1.807) is 0 Å². The number of hydrogen-bond donors (Lipinski definition) is 2. The largest absolute Gasteiger partial charge is 0.507 e. The molecule has 0 radical (unpaired) electrons. The van der Waals surface area contributed by atoms with Gasteiger partial charge in [-0.1, -0.05) is 18.7 Å². The third kappa shape index (κ3) is 4.49. The molecule has 0 bridgehead atoms. The lowest BCUT2D eigenvalue weighted by Crippen LogP contribution is -2.16. The van der Waals surface area contributed by atoms with Crippen molar-refractivity contribution in [3.8, 4) is 5.75 Å². The van der Waals surface area contributed by atoms with Crippen molar-refractivity contribution in [2.24, 2.45) is 0 Å². The summed E-state index contributed by atoms with van der Waals surface area (Å²) in [6.45, 7) is 9.75. The first-order chi connectivity index (χ1) is 8.15. The van der Waals surface area contributed by atoms with E-state index in [2.05, 4.69) is 11.9 Å². The summed E-state index contributed by atoms with van der Waals surface area (Å²) in [5.74, 6) is 0.396. The molecule has 0 saturated heterocycles. The fourth-order valence-corrected chi connectivity index (χ4v) is 1.74. The fraction of sp³-hybridized carbons (Fsp3) is 0.429. The Balaban J connectivity index is 2.34. The first-order valence-electron chi connectivity index (χ1n) is 5.87. The molecule has 1 aromatic rings. The Hall–Kier alpha value is -1.48. The van der Waals surface area contributed by atoms with Gasteiger partial charge in [-0.05, 0) is 43.5 Å². The summed E-state index contributed by atoms with van der Waals surface area (Å²) >= 11 is 0. The van der Waals surface area contributed by atoms with Gasteiger partial charge in [0.1, 0.15) is 5.75 Å². The van der Waals surface area contributed by atoms with Gasteiger partial charge in [0.2, 0.25) is 0 Å². The summed E-state index contributed by atoms with van der Waals surface area (Å²) in [4.78, 5) is 0. The third-order valence-corrected chi connectivity index (χ3v) is 2.61. The van der Waals surface area contributed by atoms with E-state index >= 15 is 0 Å². The second kappa shape index (κ2) is 6.97. The number of aromatic hydroxyl groups is 1. The predicted molar refractivity (Wildman–Crippen MR) is 70.1 cm³/mol. The highest BCUT2D eigenvalue weighted by molar-refractivity contribution is 5.42. The lowest BCUT2D eigenvalue weighted by atomic mass is 10.1. The zero-order chi connectivity index (χ0) is 12.7. The van der Waals surface area contributed by atoms with Crippen LogP contribution in [0.1, 0.15) is 23.1 Å². The average molecular weight is 235 g/mol. The molecule has 0 atom stereocenters. The summed E-state index contributed by atoms with van der Waals surface area (Å²) in [5.41, 5.74) is 3.05. The second-order valence-electron chi connectivity index (χ2n) is 4.15. The van der Waals surface area contributed by atoms with E-state index < -0.39 is 0 Å². The number of nitrogens with one attached hydrogen (secondary N) is 1. The molecule has 0 unspecified atom stereocenters. The molecule has 3 heteroatoms. The van der Waals surface area contributed by atoms with E-state index in [1.807, 2.05) is 26.0 Å². The van der Waals surface area contributed by atoms with Crippen LogP contribution in [-0.2, 0) is 11.3 Å². The van der Waals surface area contributed by atoms with Crippen molar-refractivity contribution in [3.63, 3.8) is 0 Å². The van der Waals surface area contributed by atoms with Crippen LogP contribution < -0.4 is 5.32 Å². The maximum absolute atomic E-state index is 9.65. The number of aryl methyl sites for hydroxylation is 2. The van der Waals surface area contributed by atoms with Crippen molar-refractivity contribution in [3.05, 3.63) is 41.7 Å². The van der Waals surface area contributed by atoms with Gasteiger partial charge in [0.25, 0.3) is 0 Å². The molecular formula is C14H21NO2. The normalized spacial score (nSPS) is 10.2. The zero-order valence-electron chi connectivity index (χ0n) is 10.6. The quantitative estimate of drug-likeness (QED) is 0.564. The van der Waals surface area contributed by atoms with Gasteiger partial charge < -0.3 is 15.2 Å². The monoisotopic (exact) mass is 235 g/mol. The molecule has 0 fully saturated rings. The molecule has 0 aromatic heterocycles. The van der Waals surface area contributed by atoms with E-state index in [0.29, 0.717) is 12.4 Å². The van der Waals surface area contributed by atoms with Crippen LogP contribution in [0, 0.1) is 13.8 Å². The average Bonchev–Trinajstić information content (AvgIpc) is 2.30. The van der Waals surface area contributed by atoms with E-state index in [-0.39, 0.29) is 0 Å². The standard InChI is InChI=1S/C14H21NO2/c1-4-17-7-5-6-15-10-13-8-11(2)14(16)12(3)9-13/h4,8-9,15-16H,1,5-7,10H2,2-3H3. The maximum Gasteiger partial charge on any atom is 0.121 e. The Morgan fingerprint density at radius 1 is 1.35 bits per heavy atom. The fourth-order valence-electron chi connectivity index (χ4n) is 1.74. The van der Waals surface area contributed by atoms with Crippen LogP contribution in [0.25, 0.3) is 0 Å². The highest BCUT2D eigenvalue weighted by Crippen LogP contribution is 2.22. The van der Waals surface area contributed by atoms with Crippen LogP contribution >= 0.6 is 0 Å². The Morgan fingerprint density at radius 2 is 2.00 bits per heavy atom. The topological polar surface area (TPSA) is 41.5 Å². The molecule has 0 aliphatic carbocycles. The molecule has 1 aromatic carbocycles. The summed E-state index contributed by atoms with van der Waals surface area (Å²) in [5, 5.41) is 13.0. The Kier molecular flexibility index (Phi) is 5.57. The van der Waals surface area contributed by atoms with Crippen molar-refractivity contribution in [1.82, 2.24) is 5.32 Å². The Labute approximate surface area is 103 Å². The minimum Gasteiger partial charge on any atom is -0.507 e. The van der Waals surface area contributed by atoms with Crippen molar-refractivity contribution in [2.45, 2.75) is 26.8 Å². The minimum atomic E-state index is 0.396. The number of benzene rings is 1. The van der Waals surface area contributed by atoms with Gasteiger partial charge in [-0.25, -0.2) is 0 Å². The molecule has 0 amide bonds. The Bertz CT molecular complexity index is 351.